The predicted molar refractivity (Wildman–Crippen MR) is 108 cm³/mol. The molecule has 0 atom stereocenters. The minimum atomic E-state index is -3.75. The first kappa shape index (κ1) is 19.0. The molecule has 2 N–H and O–H groups in total. The molecule has 4 aliphatic rings. The Balaban J connectivity index is 1.45. The summed E-state index contributed by atoms with van der Waals surface area (Å²) in [4.78, 5) is 13.2. The lowest BCUT2D eigenvalue weighted by Gasteiger charge is -2.54. The van der Waals surface area contributed by atoms with Crippen LogP contribution in [0.5, 0.6) is 0 Å². The largest absolute Gasteiger partial charge is 0.351 e. The van der Waals surface area contributed by atoms with Crippen LogP contribution in [0.1, 0.15) is 46.0 Å². The SMILES string of the molecule is Bc1ccc(S(=O)(=O)NC(C)(C)C(=O)N[C@H]2C3C[C@@H]4CC2C[C@@H](C3)C4)cc1. The maximum absolute atomic E-state index is 13.0. The fourth-order valence-corrected chi connectivity index (χ4v) is 7.03. The zero-order valence-electron chi connectivity index (χ0n) is 16.4. The van der Waals surface area contributed by atoms with Gasteiger partial charge in [0.2, 0.25) is 15.9 Å². The second kappa shape index (κ2) is 6.62. The fraction of sp³-hybridized carbons (Fsp3) is 0.650. The molecule has 1 aromatic rings. The Kier molecular flexibility index (Phi) is 4.66. The standard InChI is InChI=1S/C20H29BN2O3S/c1-20(2,23-27(25,26)17-5-3-16(21)4-6-17)19(24)22-18-14-8-12-7-13(10-14)11-15(18)9-12/h3-6,12-15,18,23H,7-11,21H2,1-2H3,(H,22,24)/t12-,13-,14?,15?,18+. The van der Waals surface area contributed by atoms with Crippen molar-refractivity contribution < 1.29 is 13.2 Å². The molecule has 1 aromatic carbocycles. The number of rotatable bonds is 5. The lowest BCUT2D eigenvalue weighted by molar-refractivity contribution is -0.129. The lowest BCUT2D eigenvalue weighted by Crippen LogP contribution is -2.62. The maximum Gasteiger partial charge on any atom is 0.241 e. The van der Waals surface area contributed by atoms with E-state index < -0.39 is 15.6 Å². The van der Waals surface area contributed by atoms with Crippen LogP contribution in [0, 0.1) is 23.7 Å². The zero-order chi connectivity index (χ0) is 19.4. The van der Waals surface area contributed by atoms with Crippen LogP contribution >= 0.6 is 0 Å². The molecule has 4 fully saturated rings. The number of carbonyl (C=O) groups is 1. The number of carbonyl (C=O) groups excluding carboxylic acids is 1. The third-order valence-corrected chi connectivity index (χ3v) is 8.48. The third kappa shape index (κ3) is 3.68. The van der Waals surface area contributed by atoms with E-state index in [9.17, 15) is 13.2 Å². The number of hydrogen-bond donors (Lipinski definition) is 2. The first-order valence-corrected chi connectivity index (χ1v) is 11.5. The lowest BCUT2D eigenvalue weighted by atomic mass is 9.54. The fourth-order valence-electron chi connectivity index (χ4n) is 5.65. The van der Waals surface area contributed by atoms with Crippen molar-refractivity contribution in [3.05, 3.63) is 24.3 Å². The van der Waals surface area contributed by atoms with Gasteiger partial charge < -0.3 is 5.32 Å². The molecule has 27 heavy (non-hydrogen) atoms. The molecule has 4 bridgehead atoms. The minimum absolute atomic E-state index is 0.184. The van der Waals surface area contributed by atoms with Gasteiger partial charge in [-0.3, -0.25) is 4.79 Å². The molecule has 0 heterocycles. The number of amides is 1. The second-order valence-corrected chi connectivity index (χ2v) is 11.2. The topological polar surface area (TPSA) is 75.3 Å². The Morgan fingerprint density at radius 2 is 1.52 bits per heavy atom. The van der Waals surface area contributed by atoms with Crippen molar-refractivity contribution in [3.63, 3.8) is 0 Å². The molecule has 0 aromatic heterocycles. The predicted octanol–water partition coefficient (Wildman–Crippen LogP) is 0.943. The molecule has 0 spiro atoms. The highest BCUT2D eigenvalue weighted by Gasteiger charge is 2.49. The summed E-state index contributed by atoms with van der Waals surface area (Å²) in [5, 5.41) is 3.22. The highest BCUT2D eigenvalue weighted by molar-refractivity contribution is 7.89. The van der Waals surface area contributed by atoms with E-state index in [2.05, 4.69) is 10.0 Å². The summed E-state index contributed by atoms with van der Waals surface area (Å²) >= 11 is 0. The van der Waals surface area contributed by atoms with Crippen molar-refractivity contribution in [2.75, 3.05) is 0 Å². The van der Waals surface area contributed by atoms with Gasteiger partial charge in [0.1, 0.15) is 13.4 Å². The van der Waals surface area contributed by atoms with Crippen molar-refractivity contribution in [3.8, 4) is 0 Å². The van der Waals surface area contributed by atoms with Crippen LogP contribution in [0.25, 0.3) is 0 Å². The maximum atomic E-state index is 13.0. The second-order valence-electron chi connectivity index (χ2n) is 9.47. The van der Waals surface area contributed by atoms with Crippen LogP contribution in [0.15, 0.2) is 29.2 Å². The summed E-state index contributed by atoms with van der Waals surface area (Å²) in [6.45, 7) is 3.29. The zero-order valence-corrected chi connectivity index (χ0v) is 17.2. The molecule has 4 aliphatic carbocycles. The van der Waals surface area contributed by atoms with E-state index in [0.29, 0.717) is 11.8 Å². The van der Waals surface area contributed by atoms with Gasteiger partial charge in [-0.2, -0.15) is 4.72 Å². The van der Waals surface area contributed by atoms with Gasteiger partial charge in [0.25, 0.3) is 0 Å². The van der Waals surface area contributed by atoms with Crippen LogP contribution in [0.4, 0.5) is 0 Å². The quantitative estimate of drug-likeness (QED) is 0.738. The van der Waals surface area contributed by atoms with E-state index in [1.54, 1.807) is 38.1 Å². The highest BCUT2D eigenvalue weighted by Crippen LogP contribution is 2.53. The van der Waals surface area contributed by atoms with Gasteiger partial charge >= 0.3 is 0 Å². The summed E-state index contributed by atoms with van der Waals surface area (Å²) < 4.78 is 28.0. The average Bonchev–Trinajstić information content (AvgIpc) is 2.56. The molecule has 0 radical (unpaired) electrons. The Morgan fingerprint density at radius 1 is 1.00 bits per heavy atom. The summed E-state index contributed by atoms with van der Waals surface area (Å²) in [5.74, 6) is 2.59. The van der Waals surface area contributed by atoms with Crippen LogP contribution in [0.2, 0.25) is 0 Å². The monoisotopic (exact) mass is 388 g/mol. The van der Waals surface area contributed by atoms with E-state index in [-0.39, 0.29) is 16.8 Å². The molecule has 4 saturated carbocycles. The first-order chi connectivity index (χ1) is 12.6. The average molecular weight is 388 g/mol. The van der Waals surface area contributed by atoms with Crippen molar-refractivity contribution in [2.24, 2.45) is 23.7 Å². The van der Waals surface area contributed by atoms with Gasteiger partial charge in [-0.15, -0.1) is 0 Å². The van der Waals surface area contributed by atoms with Crippen molar-refractivity contribution in [1.29, 1.82) is 0 Å². The van der Waals surface area contributed by atoms with Crippen molar-refractivity contribution >= 4 is 29.2 Å². The molecular weight excluding hydrogens is 359 g/mol. The van der Waals surface area contributed by atoms with Gasteiger partial charge in [-0.25, -0.2) is 8.42 Å². The Bertz CT molecular complexity index is 807. The molecule has 146 valence electrons. The van der Waals surface area contributed by atoms with Gasteiger partial charge in [0.05, 0.1) is 4.90 Å². The van der Waals surface area contributed by atoms with Crippen LogP contribution in [-0.4, -0.2) is 33.8 Å². The van der Waals surface area contributed by atoms with Crippen LogP contribution < -0.4 is 15.5 Å². The Hall–Kier alpha value is -1.34. The molecule has 5 rings (SSSR count). The summed E-state index contributed by atoms with van der Waals surface area (Å²) in [6, 6.07) is 6.87. The number of sulfonamides is 1. The van der Waals surface area contributed by atoms with E-state index in [1.807, 2.05) is 7.85 Å². The molecule has 0 unspecified atom stereocenters. The van der Waals surface area contributed by atoms with Crippen LogP contribution in [0.3, 0.4) is 0 Å². The van der Waals surface area contributed by atoms with Crippen molar-refractivity contribution in [1.82, 2.24) is 10.0 Å². The Labute approximate surface area is 163 Å². The molecular formula is C20H29BN2O3S. The number of benzene rings is 1. The smallest absolute Gasteiger partial charge is 0.241 e. The normalized spacial score (nSPS) is 32.4. The third-order valence-electron chi connectivity index (χ3n) is 6.81. The van der Waals surface area contributed by atoms with Gasteiger partial charge in [-0.05, 0) is 81.8 Å². The summed E-state index contributed by atoms with van der Waals surface area (Å²) in [5.41, 5.74) is -0.203. The van der Waals surface area contributed by atoms with E-state index >= 15 is 0 Å². The molecule has 1 amide bonds. The van der Waals surface area contributed by atoms with Gasteiger partial charge in [0.15, 0.2) is 0 Å². The van der Waals surface area contributed by atoms with E-state index in [1.165, 1.54) is 32.1 Å². The summed E-state index contributed by atoms with van der Waals surface area (Å²) in [7, 11) is -1.84. The van der Waals surface area contributed by atoms with Crippen LogP contribution in [-0.2, 0) is 14.8 Å². The summed E-state index contributed by atoms with van der Waals surface area (Å²) in [6.07, 6.45) is 6.23. The minimum Gasteiger partial charge on any atom is -0.351 e. The first-order valence-electron chi connectivity index (χ1n) is 10.1. The van der Waals surface area contributed by atoms with E-state index in [0.717, 1.165) is 17.3 Å². The molecule has 5 nitrogen and oxygen atoms in total. The molecule has 0 aliphatic heterocycles. The molecule has 0 saturated heterocycles. The van der Waals surface area contributed by atoms with Crippen molar-refractivity contribution in [2.45, 2.75) is 62.4 Å². The van der Waals surface area contributed by atoms with E-state index in [4.69, 9.17) is 0 Å². The van der Waals surface area contributed by atoms with Gasteiger partial charge in [-0.1, -0.05) is 17.6 Å². The number of nitrogens with one attached hydrogen (secondary N) is 2. The number of hydrogen-bond acceptors (Lipinski definition) is 3. The van der Waals surface area contributed by atoms with Gasteiger partial charge in [0, 0.05) is 6.04 Å². The highest BCUT2D eigenvalue weighted by atomic mass is 32.2. The Morgan fingerprint density at radius 3 is 2.04 bits per heavy atom. The molecule has 7 heteroatoms.